The summed E-state index contributed by atoms with van der Waals surface area (Å²) in [4.78, 5) is 6.78. The van der Waals surface area contributed by atoms with Gasteiger partial charge < -0.3 is 14.6 Å². The maximum atomic E-state index is 10.2. The van der Waals surface area contributed by atoms with Crippen LogP contribution >= 0.6 is 23.2 Å². The number of ether oxygens (including phenoxy) is 2. The lowest BCUT2D eigenvalue weighted by molar-refractivity contribution is -0.0806. The molecule has 3 heterocycles. The van der Waals surface area contributed by atoms with Gasteiger partial charge in [-0.15, -0.1) is 0 Å². The van der Waals surface area contributed by atoms with E-state index in [1.165, 1.54) is 18.2 Å². The van der Waals surface area contributed by atoms with Crippen molar-refractivity contribution in [3.63, 3.8) is 0 Å². The van der Waals surface area contributed by atoms with E-state index in [4.69, 9.17) is 32.7 Å². The Labute approximate surface area is 214 Å². The number of pyridine rings is 1. The molecule has 0 radical (unpaired) electrons. The molecule has 1 atom stereocenters. The van der Waals surface area contributed by atoms with Crippen molar-refractivity contribution in [2.24, 2.45) is 0 Å². The summed E-state index contributed by atoms with van der Waals surface area (Å²) in [6.07, 6.45) is 4.55. The Kier molecular flexibility index (Phi) is 7.27. The lowest BCUT2D eigenvalue weighted by Crippen LogP contribution is -2.32. The number of imidazole rings is 1. The molecule has 0 bridgehead atoms. The molecule has 0 amide bonds. The summed E-state index contributed by atoms with van der Waals surface area (Å²) in [5, 5.41) is 11.6. The lowest BCUT2D eigenvalue weighted by atomic mass is 9.89. The zero-order valence-electron chi connectivity index (χ0n) is 19.4. The van der Waals surface area contributed by atoms with Crippen LogP contribution in [-0.4, -0.2) is 39.6 Å². The zero-order valence-corrected chi connectivity index (χ0v) is 20.9. The molecule has 6 nitrogen and oxygen atoms in total. The van der Waals surface area contributed by atoms with E-state index in [9.17, 15) is 5.11 Å². The van der Waals surface area contributed by atoms with Crippen molar-refractivity contribution in [3.05, 3.63) is 93.9 Å². The topological polar surface area (TPSA) is 59.2 Å². The number of nitrogens with zero attached hydrogens (tertiary/aromatic N) is 3. The summed E-state index contributed by atoms with van der Waals surface area (Å²) in [6.45, 7) is 2.96. The Hall–Kier alpha value is -2.61. The fourth-order valence-corrected chi connectivity index (χ4v) is 5.23. The van der Waals surface area contributed by atoms with Gasteiger partial charge in [0.1, 0.15) is 17.1 Å². The highest BCUT2D eigenvalue weighted by Gasteiger charge is 2.21. The minimum absolute atomic E-state index is 0.493. The molecule has 4 aromatic rings. The van der Waals surface area contributed by atoms with Crippen molar-refractivity contribution >= 4 is 28.8 Å². The minimum Gasteiger partial charge on any atom is -0.457 e. The number of rotatable bonds is 7. The molecule has 2 aromatic carbocycles. The number of aromatic nitrogens is 2. The van der Waals surface area contributed by atoms with Crippen molar-refractivity contribution < 1.29 is 14.6 Å². The van der Waals surface area contributed by atoms with Crippen molar-refractivity contribution in [1.29, 1.82) is 0 Å². The first kappa shape index (κ1) is 24.1. The van der Waals surface area contributed by atoms with Gasteiger partial charge in [0, 0.05) is 48.2 Å². The van der Waals surface area contributed by atoms with Crippen LogP contribution in [0.1, 0.15) is 41.9 Å². The first-order valence-electron chi connectivity index (χ1n) is 11.6. The predicted octanol–water partition coefficient (Wildman–Crippen LogP) is 6.45. The molecule has 5 rings (SSSR count). The quantitative estimate of drug-likeness (QED) is 0.289. The van der Waals surface area contributed by atoms with E-state index in [0.29, 0.717) is 33.1 Å². The first-order chi connectivity index (χ1) is 17.0. The predicted molar refractivity (Wildman–Crippen MR) is 137 cm³/mol. The third-order valence-corrected chi connectivity index (χ3v) is 6.93. The molecule has 1 unspecified atom stereocenters. The third-order valence-electron chi connectivity index (χ3n) is 6.49. The van der Waals surface area contributed by atoms with Gasteiger partial charge in [-0.3, -0.25) is 9.30 Å². The minimum atomic E-state index is -1.07. The second kappa shape index (κ2) is 10.6. The van der Waals surface area contributed by atoms with Crippen molar-refractivity contribution in [1.82, 2.24) is 14.3 Å². The van der Waals surface area contributed by atoms with E-state index in [2.05, 4.69) is 22.0 Å². The van der Waals surface area contributed by atoms with Gasteiger partial charge in [0.05, 0.1) is 5.69 Å². The van der Waals surface area contributed by atoms with Crippen molar-refractivity contribution in [2.75, 3.05) is 20.2 Å². The van der Waals surface area contributed by atoms with Crippen LogP contribution in [0.3, 0.4) is 0 Å². The second-order valence-electron chi connectivity index (χ2n) is 8.86. The van der Waals surface area contributed by atoms with Crippen LogP contribution in [0.25, 0.3) is 5.65 Å². The van der Waals surface area contributed by atoms with Gasteiger partial charge in [0.2, 0.25) is 0 Å². The highest BCUT2D eigenvalue weighted by Crippen LogP contribution is 2.33. The molecule has 1 saturated heterocycles. The molecule has 182 valence electrons. The number of hydrogen-bond acceptors (Lipinski definition) is 5. The van der Waals surface area contributed by atoms with Gasteiger partial charge in [-0.2, -0.15) is 0 Å². The second-order valence-corrected chi connectivity index (χ2v) is 9.73. The van der Waals surface area contributed by atoms with Crippen LogP contribution in [-0.2, 0) is 11.3 Å². The monoisotopic (exact) mass is 511 g/mol. The number of likely N-dealkylation sites (tertiary alicyclic amines) is 1. The number of methoxy groups -OCH3 is 1. The molecule has 1 aliphatic rings. The van der Waals surface area contributed by atoms with E-state index < -0.39 is 6.29 Å². The number of aliphatic hydroxyl groups is 1. The standard InChI is InChI=1S/C27H27Cl2N3O3/c1-34-27(33)25-15-24(16-26-30-8-11-32(25)26)35-23-4-2-18(3-5-23)17-31-9-6-19(7-10-31)20-12-21(28)14-22(29)13-20/h2-5,8,11-16,19,27,33H,6-7,9-10,17H2,1H3. The van der Waals surface area contributed by atoms with E-state index in [1.54, 1.807) is 28.9 Å². The van der Waals surface area contributed by atoms with Crippen molar-refractivity contribution in [2.45, 2.75) is 31.6 Å². The number of fused-ring (bicyclic) bond motifs is 1. The Morgan fingerprint density at radius 1 is 1.00 bits per heavy atom. The summed E-state index contributed by atoms with van der Waals surface area (Å²) in [5.41, 5.74) is 3.70. The molecular weight excluding hydrogens is 485 g/mol. The molecule has 0 aliphatic carbocycles. The maximum absolute atomic E-state index is 10.2. The highest BCUT2D eigenvalue weighted by atomic mass is 35.5. The lowest BCUT2D eigenvalue weighted by Gasteiger charge is -2.32. The molecular formula is C27H27Cl2N3O3. The fourth-order valence-electron chi connectivity index (χ4n) is 4.69. The van der Waals surface area contributed by atoms with E-state index >= 15 is 0 Å². The Morgan fingerprint density at radius 3 is 2.40 bits per heavy atom. The van der Waals surface area contributed by atoms with Crippen molar-refractivity contribution in [3.8, 4) is 11.5 Å². The van der Waals surface area contributed by atoms with Crippen LogP contribution in [0.4, 0.5) is 0 Å². The summed E-state index contributed by atoms with van der Waals surface area (Å²) < 4.78 is 12.9. The number of aliphatic hydroxyl groups excluding tert-OH is 1. The third kappa shape index (κ3) is 5.63. The van der Waals surface area contributed by atoms with Gasteiger partial charge in [-0.1, -0.05) is 35.3 Å². The van der Waals surface area contributed by atoms with Crippen LogP contribution in [0.2, 0.25) is 10.0 Å². The Balaban J connectivity index is 1.20. The van der Waals surface area contributed by atoms with Gasteiger partial charge in [0.25, 0.3) is 0 Å². The molecule has 1 N–H and O–H groups in total. The number of piperidine rings is 1. The summed E-state index contributed by atoms with van der Waals surface area (Å²) in [7, 11) is 1.45. The van der Waals surface area contributed by atoms with Gasteiger partial charge in [-0.05, 0) is 73.3 Å². The van der Waals surface area contributed by atoms with Gasteiger partial charge >= 0.3 is 0 Å². The average Bonchev–Trinajstić information content (AvgIpc) is 3.33. The maximum Gasteiger partial charge on any atom is 0.196 e. The molecule has 1 fully saturated rings. The number of hydrogen-bond donors (Lipinski definition) is 1. The normalized spacial score (nSPS) is 16.0. The number of halogens is 2. The largest absolute Gasteiger partial charge is 0.457 e. The molecule has 35 heavy (non-hydrogen) atoms. The Morgan fingerprint density at radius 2 is 1.71 bits per heavy atom. The fraction of sp³-hybridized carbons (Fsp3) is 0.296. The zero-order chi connectivity index (χ0) is 24.4. The molecule has 0 spiro atoms. The molecule has 0 saturated carbocycles. The highest BCUT2D eigenvalue weighted by molar-refractivity contribution is 6.34. The van der Waals surface area contributed by atoms with Crippen LogP contribution in [0, 0.1) is 0 Å². The van der Waals surface area contributed by atoms with Crippen LogP contribution in [0.5, 0.6) is 11.5 Å². The molecule has 8 heteroatoms. The average molecular weight is 512 g/mol. The van der Waals surface area contributed by atoms with Crippen LogP contribution < -0.4 is 4.74 Å². The van der Waals surface area contributed by atoms with E-state index in [-0.39, 0.29) is 0 Å². The SMILES string of the molecule is COC(O)c1cc(Oc2ccc(CN3CCC(c4cc(Cl)cc(Cl)c4)CC3)cc2)cc2nccn12. The first-order valence-corrected chi connectivity index (χ1v) is 12.4. The smallest absolute Gasteiger partial charge is 0.196 e. The summed E-state index contributed by atoms with van der Waals surface area (Å²) in [5.74, 6) is 1.80. The van der Waals surface area contributed by atoms with Gasteiger partial charge in [0.15, 0.2) is 6.29 Å². The Bertz CT molecular complexity index is 1280. The van der Waals surface area contributed by atoms with Crippen LogP contribution in [0.15, 0.2) is 67.0 Å². The molecule has 1 aliphatic heterocycles. The molecule has 2 aromatic heterocycles. The number of benzene rings is 2. The summed E-state index contributed by atoms with van der Waals surface area (Å²) in [6, 6.07) is 17.6. The summed E-state index contributed by atoms with van der Waals surface area (Å²) >= 11 is 12.4. The van der Waals surface area contributed by atoms with E-state index in [1.807, 2.05) is 30.3 Å². The van der Waals surface area contributed by atoms with Gasteiger partial charge in [-0.25, -0.2) is 4.98 Å². The van der Waals surface area contributed by atoms with E-state index in [0.717, 1.165) is 38.2 Å².